The molecule has 0 spiro atoms. The van der Waals surface area contributed by atoms with Crippen molar-refractivity contribution in [1.82, 2.24) is 0 Å². The van der Waals surface area contributed by atoms with E-state index < -0.39 is 9.04 Å². The van der Waals surface area contributed by atoms with E-state index in [1.54, 1.807) is 0 Å². The smallest absolute Gasteiger partial charge is 0.206 e. The molecule has 2 nitrogen and oxygen atoms in total. The molecule has 0 fully saturated rings. The molecule has 1 atom stereocenters. The SMILES string of the molecule is C[Si](C)OC(c1ccc(CCCCl)o1)C(C)(C)C. The number of alkyl halides is 1. The first-order valence-corrected chi connectivity index (χ1v) is 9.40. The Bertz CT molecular complexity index is 355. The maximum atomic E-state index is 6.10. The van der Waals surface area contributed by atoms with E-state index in [1.807, 2.05) is 12.1 Å². The van der Waals surface area contributed by atoms with Crippen molar-refractivity contribution in [3.8, 4) is 0 Å². The van der Waals surface area contributed by atoms with Gasteiger partial charge in [0.15, 0.2) is 0 Å². The minimum atomic E-state index is -0.751. The molecule has 1 aromatic heterocycles. The van der Waals surface area contributed by atoms with Gasteiger partial charge in [-0.2, -0.15) is 0 Å². The Hall–Kier alpha value is -0.253. The summed E-state index contributed by atoms with van der Waals surface area (Å²) in [5.74, 6) is 2.62. The largest absolute Gasteiger partial charge is 0.463 e. The van der Waals surface area contributed by atoms with Gasteiger partial charge in [0.2, 0.25) is 9.04 Å². The standard InChI is InChI=1S/C14H24ClO2Si/c1-14(2,3)13(17-18(4)5)12-9-8-11(16-12)7-6-10-15/h8-9,13H,6-7,10H2,1-5H3. The second kappa shape index (κ2) is 6.78. The number of hydrogen-bond acceptors (Lipinski definition) is 2. The molecule has 0 saturated heterocycles. The van der Waals surface area contributed by atoms with Crippen molar-refractivity contribution in [1.29, 1.82) is 0 Å². The van der Waals surface area contributed by atoms with E-state index in [0.717, 1.165) is 24.4 Å². The number of aryl methyl sites for hydroxylation is 1. The fourth-order valence-corrected chi connectivity index (χ4v) is 2.88. The van der Waals surface area contributed by atoms with Gasteiger partial charge in [-0.3, -0.25) is 0 Å². The van der Waals surface area contributed by atoms with Crippen LogP contribution in [-0.2, 0) is 10.8 Å². The first-order chi connectivity index (χ1) is 8.34. The zero-order valence-corrected chi connectivity index (χ0v) is 13.8. The molecule has 1 unspecified atom stereocenters. The van der Waals surface area contributed by atoms with Crippen molar-refractivity contribution in [2.75, 3.05) is 5.88 Å². The summed E-state index contributed by atoms with van der Waals surface area (Å²) in [5.41, 5.74) is 0.0452. The van der Waals surface area contributed by atoms with Crippen molar-refractivity contribution in [3.05, 3.63) is 23.7 Å². The van der Waals surface area contributed by atoms with Crippen molar-refractivity contribution in [3.63, 3.8) is 0 Å². The first kappa shape index (κ1) is 15.8. The van der Waals surface area contributed by atoms with Gasteiger partial charge in [0.05, 0.1) is 0 Å². The van der Waals surface area contributed by atoms with E-state index in [1.165, 1.54) is 0 Å². The normalized spacial score (nSPS) is 14.2. The van der Waals surface area contributed by atoms with Gasteiger partial charge in [-0.25, -0.2) is 0 Å². The maximum absolute atomic E-state index is 6.10. The van der Waals surface area contributed by atoms with Crippen LogP contribution in [-0.4, -0.2) is 14.9 Å². The van der Waals surface area contributed by atoms with E-state index in [2.05, 4.69) is 33.9 Å². The molecule has 1 radical (unpaired) electrons. The highest BCUT2D eigenvalue weighted by molar-refractivity contribution is 6.48. The molecule has 0 saturated carbocycles. The van der Waals surface area contributed by atoms with Crippen LogP contribution < -0.4 is 0 Å². The summed E-state index contributed by atoms with van der Waals surface area (Å²) in [7, 11) is -0.751. The number of furan rings is 1. The Morgan fingerprint density at radius 1 is 1.33 bits per heavy atom. The minimum Gasteiger partial charge on any atom is -0.463 e. The van der Waals surface area contributed by atoms with E-state index in [-0.39, 0.29) is 11.5 Å². The Morgan fingerprint density at radius 3 is 2.50 bits per heavy atom. The van der Waals surface area contributed by atoms with Gasteiger partial charge in [0.25, 0.3) is 0 Å². The molecule has 18 heavy (non-hydrogen) atoms. The molecular weight excluding hydrogens is 264 g/mol. The summed E-state index contributed by atoms with van der Waals surface area (Å²) in [6.45, 7) is 10.9. The van der Waals surface area contributed by atoms with Crippen LogP contribution in [0.15, 0.2) is 16.5 Å². The highest BCUT2D eigenvalue weighted by atomic mass is 35.5. The molecule has 103 valence electrons. The summed E-state index contributed by atoms with van der Waals surface area (Å²) in [4.78, 5) is 0. The van der Waals surface area contributed by atoms with Crippen molar-refractivity contribution in [2.45, 2.75) is 52.8 Å². The van der Waals surface area contributed by atoms with E-state index in [0.29, 0.717) is 5.88 Å². The van der Waals surface area contributed by atoms with Crippen molar-refractivity contribution < 1.29 is 8.84 Å². The van der Waals surface area contributed by atoms with Crippen molar-refractivity contribution in [2.24, 2.45) is 5.41 Å². The minimum absolute atomic E-state index is 0.0335. The van der Waals surface area contributed by atoms with Gasteiger partial charge < -0.3 is 8.84 Å². The molecule has 0 aliphatic rings. The van der Waals surface area contributed by atoms with Crippen LogP contribution in [0.3, 0.4) is 0 Å². The Balaban J connectivity index is 2.82. The third kappa shape index (κ3) is 4.79. The molecule has 0 amide bonds. The molecule has 1 rings (SSSR count). The average Bonchev–Trinajstić information content (AvgIpc) is 2.69. The Morgan fingerprint density at radius 2 is 2.00 bits per heavy atom. The van der Waals surface area contributed by atoms with Gasteiger partial charge in [-0.15, -0.1) is 11.6 Å². The molecule has 1 heterocycles. The Labute approximate surface area is 117 Å². The molecular formula is C14H24ClO2Si. The predicted molar refractivity (Wildman–Crippen MR) is 78.5 cm³/mol. The van der Waals surface area contributed by atoms with Gasteiger partial charge >= 0.3 is 0 Å². The summed E-state index contributed by atoms with van der Waals surface area (Å²) in [5, 5.41) is 0. The van der Waals surface area contributed by atoms with Crippen LogP contribution in [0, 0.1) is 5.41 Å². The predicted octanol–water partition coefficient (Wildman–Crippen LogP) is 4.81. The lowest BCUT2D eigenvalue weighted by molar-refractivity contribution is 0.0651. The lowest BCUT2D eigenvalue weighted by atomic mass is 9.88. The lowest BCUT2D eigenvalue weighted by Gasteiger charge is -2.30. The number of hydrogen-bond donors (Lipinski definition) is 0. The van der Waals surface area contributed by atoms with Gasteiger partial charge in [-0.05, 0) is 37.1 Å². The van der Waals surface area contributed by atoms with Crippen LogP contribution in [0.5, 0.6) is 0 Å². The Kier molecular flexibility index (Phi) is 5.95. The zero-order valence-electron chi connectivity index (χ0n) is 12.0. The van der Waals surface area contributed by atoms with Crippen LogP contribution in [0.25, 0.3) is 0 Å². The highest BCUT2D eigenvalue weighted by Gasteiger charge is 2.30. The second-order valence-corrected chi connectivity index (χ2v) is 8.30. The quantitative estimate of drug-likeness (QED) is 0.553. The van der Waals surface area contributed by atoms with Crippen LogP contribution >= 0.6 is 11.6 Å². The fourth-order valence-electron chi connectivity index (χ4n) is 1.81. The van der Waals surface area contributed by atoms with Crippen LogP contribution in [0.1, 0.15) is 44.8 Å². The molecule has 4 heteroatoms. The molecule has 0 bridgehead atoms. The number of halogens is 1. The molecule has 0 N–H and O–H groups in total. The van der Waals surface area contributed by atoms with Gasteiger partial charge in [-0.1, -0.05) is 20.8 Å². The summed E-state index contributed by atoms with van der Waals surface area (Å²) in [6, 6.07) is 4.09. The number of rotatable bonds is 6. The van der Waals surface area contributed by atoms with Crippen LogP contribution in [0.2, 0.25) is 13.1 Å². The first-order valence-electron chi connectivity index (χ1n) is 6.46. The monoisotopic (exact) mass is 287 g/mol. The topological polar surface area (TPSA) is 22.4 Å². The molecule has 0 aliphatic heterocycles. The average molecular weight is 288 g/mol. The van der Waals surface area contributed by atoms with E-state index in [9.17, 15) is 0 Å². The zero-order chi connectivity index (χ0) is 13.8. The lowest BCUT2D eigenvalue weighted by Crippen LogP contribution is -2.25. The third-order valence-electron chi connectivity index (χ3n) is 2.64. The highest BCUT2D eigenvalue weighted by Crippen LogP contribution is 2.37. The van der Waals surface area contributed by atoms with Crippen LogP contribution in [0.4, 0.5) is 0 Å². The summed E-state index contributed by atoms with van der Waals surface area (Å²) in [6.07, 6.45) is 1.88. The van der Waals surface area contributed by atoms with E-state index in [4.69, 9.17) is 20.4 Å². The van der Waals surface area contributed by atoms with E-state index >= 15 is 0 Å². The molecule has 0 aliphatic carbocycles. The molecule has 0 aromatic carbocycles. The van der Waals surface area contributed by atoms with Gasteiger partial charge in [0.1, 0.15) is 17.6 Å². The maximum Gasteiger partial charge on any atom is 0.206 e. The van der Waals surface area contributed by atoms with Crippen molar-refractivity contribution >= 4 is 20.6 Å². The summed E-state index contributed by atoms with van der Waals surface area (Å²) < 4.78 is 12.0. The summed E-state index contributed by atoms with van der Waals surface area (Å²) >= 11 is 5.70. The second-order valence-electron chi connectivity index (χ2n) is 5.87. The molecule has 1 aromatic rings. The van der Waals surface area contributed by atoms with Gasteiger partial charge in [0, 0.05) is 12.3 Å². The third-order valence-corrected chi connectivity index (χ3v) is 3.61. The fraction of sp³-hybridized carbons (Fsp3) is 0.714.